The van der Waals surface area contributed by atoms with Gasteiger partial charge >= 0.3 is 0 Å². The second kappa shape index (κ2) is 5.46. The van der Waals surface area contributed by atoms with E-state index in [9.17, 15) is 0 Å². The molecule has 0 saturated carbocycles. The maximum Gasteiger partial charge on any atom is 0.0198 e. The minimum Gasteiger partial charge on any atom is -0.311 e. The van der Waals surface area contributed by atoms with Crippen molar-refractivity contribution in [3.05, 3.63) is 35.4 Å². The van der Waals surface area contributed by atoms with E-state index in [1.807, 2.05) is 0 Å². The zero-order valence-corrected chi connectivity index (χ0v) is 10.4. The fourth-order valence-corrected chi connectivity index (χ4v) is 2.28. The molecule has 1 saturated heterocycles. The van der Waals surface area contributed by atoms with Gasteiger partial charge < -0.3 is 10.2 Å². The van der Waals surface area contributed by atoms with E-state index in [0.29, 0.717) is 6.04 Å². The molecule has 16 heavy (non-hydrogen) atoms. The third-order valence-corrected chi connectivity index (χ3v) is 3.36. The number of hydrogen-bond acceptors (Lipinski definition) is 2. The molecule has 2 heteroatoms. The minimum absolute atomic E-state index is 0.667. The number of likely N-dealkylation sites (N-methyl/N-ethyl adjacent to an activating group) is 1. The van der Waals surface area contributed by atoms with Gasteiger partial charge in [0, 0.05) is 25.7 Å². The van der Waals surface area contributed by atoms with Crippen LogP contribution in [0.3, 0.4) is 0 Å². The van der Waals surface area contributed by atoms with Crippen LogP contribution in [-0.2, 0) is 6.42 Å². The van der Waals surface area contributed by atoms with Crippen molar-refractivity contribution in [2.24, 2.45) is 0 Å². The molecule has 0 spiro atoms. The van der Waals surface area contributed by atoms with Gasteiger partial charge in [-0.05, 0) is 32.4 Å². The second-order valence-corrected chi connectivity index (χ2v) is 4.94. The van der Waals surface area contributed by atoms with Gasteiger partial charge in [-0.2, -0.15) is 0 Å². The first-order valence-electron chi connectivity index (χ1n) is 6.21. The van der Waals surface area contributed by atoms with Crippen LogP contribution in [0, 0.1) is 6.92 Å². The van der Waals surface area contributed by atoms with Crippen molar-refractivity contribution < 1.29 is 0 Å². The number of rotatable bonds is 3. The van der Waals surface area contributed by atoms with Crippen molar-refractivity contribution in [2.45, 2.75) is 25.8 Å². The molecule has 1 aromatic rings. The molecule has 0 radical (unpaired) electrons. The lowest BCUT2D eigenvalue weighted by molar-refractivity contribution is 0.232. The molecule has 2 rings (SSSR count). The summed E-state index contributed by atoms with van der Waals surface area (Å²) in [4.78, 5) is 2.41. The quantitative estimate of drug-likeness (QED) is 0.832. The van der Waals surface area contributed by atoms with Crippen LogP contribution in [0.4, 0.5) is 0 Å². The van der Waals surface area contributed by atoms with Gasteiger partial charge in [0.2, 0.25) is 0 Å². The Bertz CT molecular complexity index is 318. The van der Waals surface area contributed by atoms with E-state index in [1.54, 1.807) is 0 Å². The predicted octanol–water partition coefficient (Wildman–Crippen LogP) is 1.83. The molecule has 1 aromatic carbocycles. The van der Waals surface area contributed by atoms with Gasteiger partial charge in [-0.1, -0.05) is 29.8 Å². The van der Waals surface area contributed by atoms with Gasteiger partial charge in [0.1, 0.15) is 0 Å². The Morgan fingerprint density at radius 2 is 2.06 bits per heavy atom. The molecule has 2 nitrogen and oxygen atoms in total. The highest BCUT2D eigenvalue weighted by Gasteiger charge is 2.15. The molecule has 1 fully saturated rings. The summed E-state index contributed by atoms with van der Waals surface area (Å²) in [5.41, 5.74) is 2.81. The molecule has 88 valence electrons. The van der Waals surface area contributed by atoms with Gasteiger partial charge in [0.05, 0.1) is 0 Å². The summed E-state index contributed by atoms with van der Waals surface area (Å²) < 4.78 is 0. The first kappa shape index (κ1) is 11.6. The van der Waals surface area contributed by atoms with E-state index in [2.05, 4.69) is 48.5 Å². The standard InChI is InChI=1S/C14H22N2/c1-12-3-5-13(6-4-12)7-8-14-11-16(2)10-9-15-14/h3-6,14-15H,7-11H2,1-2H3. The molecule has 1 atom stereocenters. The smallest absolute Gasteiger partial charge is 0.0198 e. The van der Waals surface area contributed by atoms with Crippen LogP contribution in [0.1, 0.15) is 17.5 Å². The summed E-state index contributed by atoms with van der Waals surface area (Å²) in [5, 5.41) is 3.59. The van der Waals surface area contributed by atoms with Gasteiger partial charge in [0.25, 0.3) is 0 Å². The number of aryl methyl sites for hydroxylation is 2. The van der Waals surface area contributed by atoms with Crippen LogP contribution in [0.2, 0.25) is 0 Å². The van der Waals surface area contributed by atoms with Crippen LogP contribution in [0.25, 0.3) is 0 Å². The number of piperazine rings is 1. The normalized spacial score (nSPS) is 22.2. The summed E-state index contributed by atoms with van der Waals surface area (Å²) >= 11 is 0. The Labute approximate surface area is 98.7 Å². The first-order valence-corrected chi connectivity index (χ1v) is 6.21. The molecule has 0 amide bonds. The number of nitrogens with one attached hydrogen (secondary N) is 1. The maximum absolute atomic E-state index is 3.59. The van der Waals surface area contributed by atoms with Crippen molar-refractivity contribution in [3.63, 3.8) is 0 Å². The van der Waals surface area contributed by atoms with E-state index in [1.165, 1.54) is 37.1 Å². The van der Waals surface area contributed by atoms with Gasteiger partial charge in [0.15, 0.2) is 0 Å². The molecule has 1 heterocycles. The molecule has 0 aliphatic carbocycles. The molecular formula is C14H22N2. The number of nitrogens with zero attached hydrogens (tertiary/aromatic N) is 1. The predicted molar refractivity (Wildman–Crippen MR) is 68.8 cm³/mol. The fourth-order valence-electron chi connectivity index (χ4n) is 2.28. The highest BCUT2D eigenvalue weighted by Crippen LogP contribution is 2.09. The zero-order chi connectivity index (χ0) is 11.4. The van der Waals surface area contributed by atoms with Crippen molar-refractivity contribution in [2.75, 3.05) is 26.7 Å². The van der Waals surface area contributed by atoms with Gasteiger partial charge in [-0.15, -0.1) is 0 Å². The van der Waals surface area contributed by atoms with Crippen LogP contribution in [0.15, 0.2) is 24.3 Å². The zero-order valence-electron chi connectivity index (χ0n) is 10.4. The highest BCUT2D eigenvalue weighted by atomic mass is 15.2. The summed E-state index contributed by atoms with van der Waals surface area (Å²) in [7, 11) is 2.21. The molecule has 1 aliphatic rings. The molecule has 1 unspecified atom stereocenters. The Kier molecular flexibility index (Phi) is 3.97. The van der Waals surface area contributed by atoms with E-state index in [-0.39, 0.29) is 0 Å². The Morgan fingerprint density at radius 3 is 2.75 bits per heavy atom. The lowest BCUT2D eigenvalue weighted by Crippen LogP contribution is -2.49. The monoisotopic (exact) mass is 218 g/mol. The average Bonchev–Trinajstić information content (AvgIpc) is 2.28. The first-order chi connectivity index (χ1) is 7.74. The van der Waals surface area contributed by atoms with Gasteiger partial charge in [-0.3, -0.25) is 0 Å². The molecule has 1 aliphatic heterocycles. The maximum atomic E-state index is 3.59. The summed E-state index contributed by atoms with van der Waals surface area (Å²) in [6, 6.07) is 9.58. The second-order valence-electron chi connectivity index (χ2n) is 4.94. The van der Waals surface area contributed by atoms with E-state index in [4.69, 9.17) is 0 Å². The lowest BCUT2D eigenvalue weighted by Gasteiger charge is -2.30. The van der Waals surface area contributed by atoms with Crippen LogP contribution >= 0.6 is 0 Å². The number of benzene rings is 1. The van der Waals surface area contributed by atoms with Crippen molar-refractivity contribution >= 4 is 0 Å². The van der Waals surface area contributed by atoms with E-state index >= 15 is 0 Å². The minimum atomic E-state index is 0.667. The third-order valence-electron chi connectivity index (χ3n) is 3.36. The molecule has 0 bridgehead atoms. The Hall–Kier alpha value is -0.860. The Morgan fingerprint density at radius 1 is 1.31 bits per heavy atom. The topological polar surface area (TPSA) is 15.3 Å². The van der Waals surface area contributed by atoms with Crippen LogP contribution in [0.5, 0.6) is 0 Å². The average molecular weight is 218 g/mol. The lowest BCUT2D eigenvalue weighted by atomic mass is 10.0. The SMILES string of the molecule is Cc1ccc(CCC2CN(C)CCN2)cc1. The summed E-state index contributed by atoms with van der Waals surface area (Å²) in [6.07, 6.45) is 2.43. The molecular weight excluding hydrogens is 196 g/mol. The van der Waals surface area contributed by atoms with Gasteiger partial charge in [-0.25, -0.2) is 0 Å². The Balaban J connectivity index is 1.80. The van der Waals surface area contributed by atoms with Crippen LogP contribution in [-0.4, -0.2) is 37.6 Å². The molecule has 1 N–H and O–H groups in total. The fraction of sp³-hybridized carbons (Fsp3) is 0.571. The molecule has 0 aromatic heterocycles. The van der Waals surface area contributed by atoms with E-state index in [0.717, 1.165) is 6.54 Å². The highest BCUT2D eigenvalue weighted by molar-refractivity contribution is 5.21. The van der Waals surface area contributed by atoms with Crippen molar-refractivity contribution in [3.8, 4) is 0 Å². The number of hydrogen-bond donors (Lipinski definition) is 1. The van der Waals surface area contributed by atoms with Crippen molar-refractivity contribution in [1.29, 1.82) is 0 Å². The largest absolute Gasteiger partial charge is 0.311 e. The summed E-state index contributed by atoms with van der Waals surface area (Å²) in [5.74, 6) is 0. The van der Waals surface area contributed by atoms with E-state index < -0.39 is 0 Å². The van der Waals surface area contributed by atoms with Crippen molar-refractivity contribution in [1.82, 2.24) is 10.2 Å². The third kappa shape index (κ3) is 3.32. The van der Waals surface area contributed by atoms with Crippen LogP contribution < -0.4 is 5.32 Å². The summed E-state index contributed by atoms with van der Waals surface area (Å²) in [6.45, 7) is 5.64.